The monoisotopic (exact) mass is 348 g/mol. The molecule has 7 heteroatoms. The third kappa shape index (κ3) is 2.56. The smallest absolute Gasteiger partial charge is 0.241 e. The Kier molecular flexibility index (Phi) is 3.34. The van der Waals surface area contributed by atoms with Gasteiger partial charge in [-0.2, -0.15) is 0 Å². The highest BCUT2D eigenvalue weighted by Gasteiger charge is 2.36. The molecule has 5 rings (SSSR count). The molecule has 0 unspecified atom stereocenters. The summed E-state index contributed by atoms with van der Waals surface area (Å²) in [7, 11) is 0. The van der Waals surface area contributed by atoms with E-state index in [0.29, 0.717) is 18.8 Å². The number of anilines is 1. The molecule has 4 aromatic heterocycles. The van der Waals surface area contributed by atoms with Crippen molar-refractivity contribution in [1.82, 2.24) is 24.6 Å². The fourth-order valence-corrected chi connectivity index (χ4v) is 3.31. The van der Waals surface area contributed by atoms with Crippen LogP contribution in [0, 0.1) is 0 Å². The van der Waals surface area contributed by atoms with E-state index in [-0.39, 0.29) is 6.54 Å². The molecule has 1 fully saturated rings. The van der Waals surface area contributed by atoms with Crippen LogP contribution in [0.4, 0.5) is 10.3 Å². The molecule has 0 saturated heterocycles. The van der Waals surface area contributed by atoms with Crippen LogP contribution in [0.2, 0.25) is 0 Å². The van der Waals surface area contributed by atoms with Gasteiger partial charge in [-0.3, -0.25) is 0 Å². The average molecular weight is 348 g/mol. The maximum Gasteiger partial charge on any atom is 0.241 e. The molecule has 1 N–H and O–H groups in total. The summed E-state index contributed by atoms with van der Waals surface area (Å²) in [5, 5.41) is 8.44. The molecule has 1 aliphatic carbocycles. The lowest BCUT2D eigenvalue weighted by molar-refractivity contribution is 0.0782. The molecule has 0 aromatic carbocycles. The molecule has 0 bridgehead atoms. The Balaban J connectivity index is 1.46. The minimum atomic E-state index is -1.11. The highest BCUT2D eigenvalue weighted by atomic mass is 19.1. The van der Waals surface area contributed by atoms with Crippen molar-refractivity contribution in [3.63, 3.8) is 0 Å². The number of nitrogens with zero attached hydrogens (tertiary/aromatic N) is 5. The zero-order valence-electron chi connectivity index (χ0n) is 14.1. The predicted octanol–water partition coefficient (Wildman–Crippen LogP) is 3.64. The summed E-state index contributed by atoms with van der Waals surface area (Å²) in [5.74, 6) is 0.435. The van der Waals surface area contributed by atoms with Gasteiger partial charge < -0.3 is 5.32 Å². The largest absolute Gasteiger partial charge is 0.350 e. The number of nitrogens with one attached hydrogen (secondary N) is 1. The van der Waals surface area contributed by atoms with Gasteiger partial charge in [-0.1, -0.05) is 0 Å². The van der Waals surface area contributed by atoms with Gasteiger partial charge in [0, 0.05) is 35.1 Å². The summed E-state index contributed by atoms with van der Waals surface area (Å²) < 4.78 is 15.9. The van der Waals surface area contributed by atoms with Crippen molar-refractivity contribution < 1.29 is 4.39 Å². The topological polar surface area (TPSA) is 68.0 Å². The molecular weight excluding hydrogens is 331 g/mol. The van der Waals surface area contributed by atoms with E-state index >= 15 is 0 Å². The molecular formula is C19H17FN6. The second-order valence-corrected chi connectivity index (χ2v) is 6.77. The number of aromatic nitrogens is 5. The lowest BCUT2D eigenvalue weighted by Gasteiger charge is -2.33. The van der Waals surface area contributed by atoms with E-state index in [9.17, 15) is 4.39 Å². The zero-order chi connectivity index (χ0) is 17.6. The maximum absolute atomic E-state index is 14.1. The zero-order valence-corrected chi connectivity index (χ0v) is 14.1. The molecule has 0 aliphatic heterocycles. The van der Waals surface area contributed by atoms with Crippen LogP contribution in [0.25, 0.3) is 27.7 Å². The third-order valence-corrected chi connectivity index (χ3v) is 4.99. The molecule has 0 spiro atoms. The van der Waals surface area contributed by atoms with Crippen molar-refractivity contribution in [2.24, 2.45) is 0 Å². The number of hydrogen-bond donors (Lipinski definition) is 1. The van der Waals surface area contributed by atoms with E-state index in [1.165, 1.54) is 0 Å². The Bertz CT molecular complexity index is 1100. The van der Waals surface area contributed by atoms with Crippen LogP contribution in [0.1, 0.15) is 19.3 Å². The number of pyridine rings is 2. The molecule has 4 heterocycles. The highest BCUT2D eigenvalue weighted by Crippen LogP contribution is 2.35. The quantitative estimate of drug-likeness (QED) is 0.610. The van der Waals surface area contributed by atoms with Gasteiger partial charge >= 0.3 is 0 Å². The highest BCUT2D eigenvalue weighted by molar-refractivity contribution is 5.86. The van der Waals surface area contributed by atoms with Gasteiger partial charge in [-0.25, -0.2) is 23.9 Å². The Morgan fingerprint density at radius 1 is 1.15 bits per heavy atom. The summed E-state index contributed by atoms with van der Waals surface area (Å²) in [6, 6.07) is 7.92. The molecule has 4 aromatic rings. The SMILES string of the molecule is FC1(CNc2ncc3c(-c4cnc5ncccc5c4)ccn3n2)CCC1. The number of rotatable bonds is 4. The molecule has 1 saturated carbocycles. The summed E-state index contributed by atoms with van der Waals surface area (Å²) in [4.78, 5) is 13.0. The third-order valence-electron chi connectivity index (χ3n) is 4.99. The predicted molar refractivity (Wildman–Crippen MR) is 97.7 cm³/mol. The second-order valence-electron chi connectivity index (χ2n) is 6.77. The normalized spacial score (nSPS) is 15.9. The molecule has 1 aliphatic rings. The number of alkyl halides is 1. The fraction of sp³-hybridized carbons (Fsp3) is 0.263. The van der Waals surface area contributed by atoms with E-state index in [1.54, 1.807) is 23.1 Å². The second kappa shape index (κ2) is 5.72. The molecule has 130 valence electrons. The Morgan fingerprint density at radius 3 is 2.92 bits per heavy atom. The average Bonchev–Trinajstić information content (AvgIpc) is 3.07. The molecule has 0 radical (unpaired) electrons. The maximum atomic E-state index is 14.1. The Morgan fingerprint density at radius 2 is 2.08 bits per heavy atom. The first-order valence-corrected chi connectivity index (χ1v) is 8.69. The summed E-state index contributed by atoms with van der Waals surface area (Å²) in [6.07, 6.45) is 9.34. The van der Waals surface area contributed by atoms with Crippen molar-refractivity contribution in [2.45, 2.75) is 24.9 Å². The molecule has 0 atom stereocenters. The molecule has 0 amide bonds. The lowest BCUT2D eigenvalue weighted by atomic mass is 9.82. The van der Waals surface area contributed by atoms with Crippen molar-refractivity contribution in [3.05, 3.63) is 49.1 Å². The van der Waals surface area contributed by atoms with Crippen LogP contribution >= 0.6 is 0 Å². The van der Waals surface area contributed by atoms with Crippen molar-refractivity contribution >= 4 is 22.5 Å². The lowest BCUT2D eigenvalue weighted by Crippen LogP contribution is -2.39. The van der Waals surface area contributed by atoms with Crippen LogP contribution in [-0.4, -0.2) is 36.8 Å². The van der Waals surface area contributed by atoms with Crippen LogP contribution in [0.3, 0.4) is 0 Å². The van der Waals surface area contributed by atoms with Crippen LogP contribution < -0.4 is 5.32 Å². The van der Waals surface area contributed by atoms with Crippen LogP contribution in [0.15, 0.2) is 49.1 Å². The van der Waals surface area contributed by atoms with Gasteiger partial charge in [0.1, 0.15) is 5.67 Å². The number of halogens is 1. The van der Waals surface area contributed by atoms with Gasteiger partial charge in [0.25, 0.3) is 0 Å². The first-order chi connectivity index (χ1) is 12.7. The number of fused-ring (bicyclic) bond motifs is 2. The Hall–Kier alpha value is -3.09. The van der Waals surface area contributed by atoms with E-state index in [1.807, 2.05) is 24.4 Å². The van der Waals surface area contributed by atoms with E-state index in [0.717, 1.165) is 34.1 Å². The fourth-order valence-electron chi connectivity index (χ4n) is 3.31. The van der Waals surface area contributed by atoms with E-state index in [4.69, 9.17) is 0 Å². The van der Waals surface area contributed by atoms with Gasteiger partial charge in [-0.15, -0.1) is 5.10 Å². The molecule has 6 nitrogen and oxygen atoms in total. The van der Waals surface area contributed by atoms with Gasteiger partial charge in [0.05, 0.1) is 18.3 Å². The van der Waals surface area contributed by atoms with Crippen molar-refractivity contribution in [1.29, 1.82) is 0 Å². The van der Waals surface area contributed by atoms with E-state index in [2.05, 4.69) is 31.4 Å². The Labute approximate surface area is 149 Å². The van der Waals surface area contributed by atoms with Crippen molar-refractivity contribution in [2.75, 3.05) is 11.9 Å². The van der Waals surface area contributed by atoms with Gasteiger partial charge in [-0.05, 0) is 43.5 Å². The standard InChI is InChI=1S/C19H17FN6/c20-19(5-2-6-19)12-24-18-23-11-16-15(4-8-26(16)25-18)14-9-13-3-1-7-21-17(13)22-10-14/h1,3-4,7-11H,2,5-6,12H2,(H,24,25). The summed E-state index contributed by atoms with van der Waals surface area (Å²) >= 11 is 0. The molecule has 26 heavy (non-hydrogen) atoms. The van der Waals surface area contributed by atoms with Gasteiger partial charge in [0.15, 0.2) is 5.65 Å². The number of hydrogen-bond acceptors (Lipinski definition) is 5. The van der Waals surface area contributed by atoms with Crippen molar-refractivity contribution in [3.8, 4) is 11.1 Å². The van der Waals surface area contributed by atoms with E-state index < -0.39 is 5.67 Å². The van der Waals surface area contributed by atoms with Crippen LogP contribution in [0.5, 0.6) is 0 Å². The first kappa shape index (κ1) is 15.2. The minimum Gasteiger partial charge on any atom is -0.350 e. The first-order valence-electron chi connectivity index (χ1n) is 8.69. The van der Waals surface area contributed by atoms with Crippen LogP contribution in [-0.2, 0) is 0 Å². The summed E-state index contributed by atoms with van der Waals surface area (Å²) in [6.45, 7) is 0.258. The summed E-state index contributed by atoms with van der Waals surface area (Å²) in [5.41, 5.74) is 2.47. The minimum absolute atomic E-state index is 0.258. The van der Waals surface area contributed by atoms with Gasteiger partial charge in [0.2, 0.25) is 5.95 Å².